The van der Waals surface area contributed by atoms with E-state index in [9.17, 15) is 9.59 Å². The van der Waals surface area contributed by atoms with Crippen molar-refractivity contribution >= 4 is 17.5 Å². The molecule has 1 saturated heterocycles. The Balaban J connectivity index is 1.74. The first-order valence-corrected chi connectivity index (χ1v) is 8.37. The van der Waals surface area contributed by atoms with E-state index < -0.39 is 0 Å². The molecule has 3 nitrogen and oxygen atoms in total. The number of benzene rings is 1. The molecule has 1 saturated carbocycles. The fraction of sp³-hybridized carbons (Fsp3) is 0.400. The molecule has 4 atom stereocenters. The van der Waals surface area contributed by atoms with Crippen LogP contribution < -0.4 is 4.90 Å². The van der Waals surface area contributed by atoms with Crippen molar-refractivity contribution in [1.29, 1.82) is 0 Å². The number of allylic oxidation sites excluding steroid dienone is 4. The van der Waals surface area contributed by atoms with E-state index in [1.165, 1.54) is 16.0 Å². The zero-order valence-electron chi connectivity index (χ0n) is 13.7. The third-order valence-electron chi connectivity index (χ3n) is 5.73. The summed E-state index contributed by atoms with van der Waals surface area (Å²) in [7, 11) is 0. The summed E-state index contributed by atoms with van der Waals surface area (Å²) in [6.45, 7) is 6.27. The lowest BCUT2D eigenvalue weighted by atomic mass is 9.85. The van der Waals surface area contributed by atoms with E-state index in [1.54, 1.807) is 0 Å². The minimum Gasteiger partial charge on any atom is -0.274 e. The van der Waals surface area contributed by atoms with Crippen LogP contribution in [0.4, 0.5) is 5.69 Å². The van der Waals surface area contributed by atoms with E-state index in [1.807, 2.05) is 31.2 Å². The summed E-state index contributed by atoms with van der Waals surface area (Å²) >= 11 is 0. The molecular formula is C20H21NO2. The van der Waals surface area contributed by atoms with Crippen LogP contribution in [0.3, 0.4) is 0 Å². The SMILES string of the molecule is CCC(C)=C1[C@H]2C=C[C@@H]1[C@H]1C(=O)N(c3ccc(C)cc3)C(=O)[C@H]12. The van der Waals surface area contributed by atoms with E-state index >= 15 is 0 Å². The molecule has 4 rings (SSSR count). The third kappa shape index (κ3) is 1.82. The maximum atomic E-state index is 13.0. The van der Waals surface area contributed by atoms with Gasteiger partial charge in [-0.3, -0.25) is 9.59 Å². The van der Waals surface area contributed by atoms with Crippen molar-refractivity contribution in [3.8, 4) is 0 Å². The smallest absolute Gasteiger partial charge is 0.238 e. The fourth-order valence-electron chi connectivity index (χ4n) is 4.48. The molecular weight excluding hydrogens is 286 g/mol. The second kappa shape index (κ2) is 4.92. The van der Waals surface area contributed by atoms with Crippen LogP contribution in [-0.2, 0) is 9.59 Å². The fourth-order valence-corrected chi connectivity index (χ4v) is 4.48. The minimum atomic E-state index is -0.199. The molecule has 1 aliphatic heterocycles. The largest absolute Gasteiger partial charge is 0.274 e. The van der Waals surface area contributed by atoms with Crippen LogP contribution in [0.15, 0.2) is 47.6 Å². The van der Waals surface area contributed by atoms with Crippen molar-refractivity contribution in [3.05, 3.63) is 53.1 Å². The number of aryl methyl sites for hydroxylation is 1. The second-order valence-corrected chi connectivity index (χ2v) is 6.92. The van der Waals surface area contributed by atoms with Gasteiger partial charge in [-0.25, -0.2) is 4.90 Å². The normalized spacial score (nSPS) is 33.6. The monoisotopic (exact) mass is 307 g/mol. The quantitative estimate of drug-likeness (QED) is 0.618. The Morgan fingerprint density at radius 2 is 1.52 bits per heavy atom. The molecule has 1 heterocycles. The molecule has 0 radical (unpaired) electrons. The maximum Gasteiger partial charge on any atom is 0.238 e. The van der Waals surface area contributed by atoms with Crippen LogP contribution in [0.25, 0.3) is 0 Å². The molecule has 0 N–H and O–H groups in total. The van der Waals surface area contributed by atoms with Crippen molar-refractivity contribution in [2.75, 3.05) is 4.90 Å². The van der Waals surface area contributed by atoms with Crippen molar-refractivity contribution in [3.63, 3.8) is 0 Å². The summed E-state index contributed by atoms with van der Waals surface area (Å²) in [6.07, 6.45) is 5.27. The summed E-state index contributed by atoms with van der Waals surface area (Å²) in [5, 5.41) is 0. The van der Waals surface area contributed by atoms with Crippen LogP contribution in [0.2, 0.25) is 0 Å². The Bertz CT molecular complexity index is 722. The van der Waals surface area contributed by atoms with Gasteiger partial charge in [0.15, 0.2) is 0 Å². The lowest BCUT2D eigenvalue weighted by Crippen LogP contribution is -2.33. The molecule has 0 unspecified atom stereocenters. The van der Waals surface area contributed by atoms with E-state index in [2.05, 4.69) is 26.0 Å². The molecule has 0 spiro atoms. The maximum absolute atomic E-state index is 13.0. The third-order valence-corrected chi connectivity index (χ3v) is 5.73. The standard InChI is InChI=1S/C20H21NO2/c1-4-12(3)16-14-9-10-15(16)18-17(14)19(22)21(20(18)23)13-7-5-11(2)6-8-13/h5-10,14-15,17-18H,4H2,1-3H3/t14-,15+,17+,18-. The number of hydrogen-bond acceptors (Lipinski definition) is 2. The molecule has 0 aromatic heterocycles. The average Bonchev–Trinajstić information content (AvgIpc) is 3.18. The highest BCUT2D eigenvalue weighted by Gasteiger charge is 2.61. The summed E-state index contributed by atoms with van der Waals surface area (Å²) < 4.78 is 0. The number of imide groups is 1. The van der Waals surface area contributed by atoms with E-state index in [-0.39, 0.29) is 35.5 Å². The number of rotatable bonds is 2. The zero-order valence-corrected chi connectivity index (χ0v) is 13.7. The molecule has 3 aliphatic rings. The second-order valence-electron chi connectivity index (χ2n) is 6.92. The summed E-state index contributed by atoms with van der Waals surface area (Å²) in [5.74, 6) is -0.205. The van der Waals surface area contributed by atoms with Gasteiger partial charge in [-0.15, -0.1) is 0 Å². The summed E-state index contributed by atoms with van der Waals surface area (Å²) in [4.78, 5) is 27.4. The zero-order chi connectivity index (χ0) is 16.3. The van der Waals surface area contributed by atoms with Gasteiger partial charge in [0.2, 0.25) is 11.8 Å². The molecule has 3 heteroatoms. The van der Waals surface area contributed by atoms with Crippen LogP contribution in [0.5, 0.6) is 0 Å². The van der Waals surface area contributed by atoms with Crippen LogP contribution >= 0.6 is 0 Å². The lowest BCUT2D eigenvalue weighted by Gasteiger charge is -2.19. The van der Waals surface area contributed by atoms with E-state index in [4.69, 9.17) is 0 Å². The van der Waals surface area contributed by atoms with Gasteiger partial charge in [0, 0.05) is 11.8 Å². The van der Waals surface area contributed by atoms with Gasteiger partial charge in [-0.05, 0) is 32.4 Å². The molecule has 1 aromatic rings. The first-order chi connectivity index (χ1) is 11.0. The minimum absolute atomic E-state index is 0.0258. The number of carbonyl (C=O) groups is 2. The molecule has 1 aromatic carbocycles. The van der Waals surface area contributed by atoms with Gasteiger partial charge in [0.05, 0.1) is 17.5 Å². The van der Waals surface area contributed by atoms with Crippen molar-refractivity contribution in [2.24, 2.45) is 23.7 Å². The van der Waals surface area contributed by atoms with Crippen LogP contribution in [0, 0.1) is 30.6 Å². The number of hydrogen-bond donors (Lipinski definition) is 0. The summed E-state index contributed by atoms with van der Waals surface area (Å²) in [5.41, 5.74) is 4.49. The Labute approximate surface area is 136 Å². The van der Waals surface area contributed by atoms with Crippen molar-refractivity contribution < 1.29 is 9.59 Å². The topological polar surface area (TPSA) is 37.4 Å². The first kappa shape index (κ1) is 14.4. The van der Waals surface area contributed by atoms with E-state index in [0.29, 0.717) is 5.69 Å². The Hall–Kier alpha value is -2.16. The Morgan fingerprint density at radius 1 is 1.00 bits per heavy atom. The number of fused-ring (bicyclic) bond motifs is 5. The van der Waals surface area contributed by atoms with Gasteiger partial charge < -0.3 is 0 Å². The van der Waals surface area contributed by atoms with Gasteiger partial charge in [0.1, 0.15) is 0 Å². The van der Waals surface area contributed by atoms with Crippen LogP contribution in [0.1, 0.15) is 25.8 Å². The molecule has 2 fully saturated rings. The first-order valence-electron chi connectivity index (χ1n) is 8.37. The highest BCUT2D eigenvalue weighted by atomic mass is 16.2. The highest BCUT2D eigenvalue weighted by Crippen LogP contribution is 2.57. The molecule has 118 valence electrons. The van der Waals surface area contributed by atoms with Gasteiger partial charge in [-0.1, -0.05) is 47.9 Å². The highest BCUT2D eigenvalue weighted by molar-refractivity contribution is 6.23. The lowest BCUT2D eigenvalue weighted by molar-refractivity contribution is -0.122. The van der Waals surface area contributed by atoms with Crippen LogP contribution in [-0.4, -0.2) is 11.8 Å². The van der Waals surface area contributed by atoms with Crippen molar-refractivity contribution in [2.45, 2.75) is 27.2 Å². The molecule has 2 amide bonds. The molecule has 2 bridgehead atoms. The number of nitrogens with zero attached hydrogens (tertiary/aromatic N) is 1. The van der Waals surface area contributed by atoms with Gasteiger partial charge in [0.25, 0.3) is 0 Å². The average molecular weight is 307 g/mol. The Kier molecular flexibility index (Phi) is 3.09. The Morgan fingerprint density at radius 3 is 2.00 bits per heavy atom. The van der Waals surface area contributed by atoms with E-state index in [0.717, 1.165) is 12.0 Å². The number of anilines is 1. The molecule has 2 aliphatic carbocycles. The number of amides is 2. The van der Waals surface area contributed by atoms with Crippen molar-refractivity contribution in [1.82, 2.24) is 0 Å². The number of carbonyl (C=O) groups excluding carboxylic acids is 2. The predicted octanol–water partition coefficient (Wildman–Crippen LogP) is 3.64. The van der Waals surface area contributed by atoms with Gasteiger partial charge in [-0.2, -0.15) is 0 Å². The summed E-state index contributed by atoms with van der Waals surface area (Å²) in [6, 6.07) is 7.64. The predicted molar refractivity (Wildman–Crippen MR) is 89.8 cm³/mol. The van der Waals surface area contributed by atoms with Gasteiger partial charge >= 0.3 is 0 Å². The molecule has 23 heavy (non-hydrogen) atoms.